The lowest BCUT2D eigenvalue weighted by atomic mass is 9.33. The van der Waals surface area contributed by atoms with Crippen LogP contribution in [-0.4, -0.2) is 34.2 Å². The summed E-state index contributed by atoms with van der Waals surface area (Å²) in [6.45, 7) is 20.7. The number of nitrogens with one attached hydrogen (secondary N) is 1. The molecule has 9 atom stereocenters. The van der Waals surface area contributed by atoms with Crippen molar-refractivity contribution in [3.05, 3.63) is 11.6 Å². The Morgan fingerprint density at radius 2 is 1.55 bits per heavy atom. The fourth-order valence-corrected chi connectivity index (χ4v) is 11.4. The summed E-state index contributed by atoms with van der Waals surface area (Å²) in [4.78, 5) is 26.3. The second-order valence-corrected chi connectivity index (χ2v) is 17.3. The Morgan fingerprint density at radius 1 is 0.900 bits per heavy atom. The highest BCUT2D eigenvalue weighted by Gasteiger charge is 2.69. The molecule has 0 aromatic rings. The van der Waals surface area contributed by atoms with Crippen LogP contribution in [0.15, 0.2) is 11.6 Å². The predicted molar refractivity (Wildman–Crippen MR) is 159 cm³/mol. The molecule has 0 saturated heterocycles. The number of carbonyl (C=O) groups excluding carboxylic acids is 1. The Bertz CT molecular complexity index is 1090. The molecule has 3 N–H and O–H groups in total. The summed E-state index contributed by atoms with van der Waals surface area (Å²) in [6, 6.07) is -0.853. The minimum atomic E-state index is -0.939. The zero-order chi connectivity index (χ0) is 29.7. The van der Waals surface area contributed by atoms with Gasteiger partial charge in [-0.25, -0.2) is 4.79 Å². The Balaban J connectivity index is 1.56. The van der Waals surface area contributed by atoms with Crippen LogP contribution >= 0.6 is 0 Å². The number of allylic oxidation sites excluding steroid dienone is 2. The van der Waals surface area contributed by atoms with Crippen molar-refractivity contribution in [3.8, 4) is 0 Å². The Morgan fingerprint density at radius 3 is 2.17 bits per heavy atom. The number of hydrogen-bond donors (Lipinski definition) is 3. The summed E-state index contributed by atoms with van der Waals surface area (Å²) in [5.41, 5.74) is 1.44. The maximum atomic E-state index is 14.2. The van der Waals surface area contributed by atoms with E-state index in [2.05, 4.69) is 59.9 Å². The quantitative estimate of drug-likeness (QED) is 0.316. The molecule has 0 unspecified atom stereocenters. The summed E-state index contributed by atoms with van der Waals surface area (Å²) in [5.74, 6) is 0.118. The standard InChI is InChI=1S/C35H57NO4/c1-21(2)27(28(38)39)36-29(40)35-18-16-30(3,4)20-23(35)22-10-11-25-32(7)14-13-26(37)31(5,6)24(32)12-15-34(25,9)33(22,8)17-19-35/h10,21,23-27,37H,11-20H2,1-9H3,(H,36,40)(H,38,39)/t23-,24-,25+,26-,27+,32-,33+,34+,35-/m0/s1. The van der Waals surface area contributed by atoms with Gasteiger partial charge in [0, 0.05) is 0 Å². The van der Waals surface area contributed by atoms with Gasteiger partial charge in [0.1, 0.15) is 6.04 Å². The molecule has 5 rings (SSSR count). The average molecular weight is 556 g/mol. The number of amides is 1. The van der Waals surface area contributed by atoms with E-state index in [1.54, 1.807) is 0 Å². The summed E-state index contributed by atoms with van der Waals surface area (Å²) in [7, 11) is 0. The molecule has 226 valence electrons. The molecule has 5 nitrogen and oxygen atoms in total. The zero-order valence-corrected chi connectivity index (χ0v) is 26.8. The van der Waals surface area contributed by atoms with E-state index in [1.165, 1.54) is 12.0 Å². The van der Waals surface area contributed by atoms with Crippen LogP contribution in [0.3, 0.4) is 0 Å². The molecular formula is C35H57NO4. The van der Waals surface area contributed by atoms with Crippen LogP contribution in [0, 0.1) is 56.2 Å². The number of rotatable bonds is 4. The number of carboxylic acids is 1. The van der Waals surface area contributed by atoms with Gasteiger partial charge in [-0.1, -0.05) is 74.0 Å². The summed E-state index contributed by atoms with van der Waals surface area (Å²) in [5, 5.41) is 23.9. The molecular weight excluding hydrogens is 498 g/mol. The Kier molecular flexibility index (Phi) is 7.01. The van der Waals surface area contributed by atoms with Crippen molar-refractivity contribution in [1.29, 1.82) is 0 Å². The smallest absolute Gasteiger partial charge is 0.326 e. The SMILES string of the molecule is CC(C)[C@@H](NC(=O)[C@]12CCC(C)(C)C[C@H]1C1=CC[C@@H]3[C@@]4(C)CC[C@H](O)C(C)(C)[C@@H]4CC[C@@]3(C)[C@]1(C)CC2)C(=O)O. The average Bonchev–Trinajstić information content (AvgIpc) is 2.84. The highest BCUT2D eigenvalue weighted by molar-refractivity contribution is 5.88. The van der Waals surface area contributed by atoms with E-state index in [-0.39, 0.29) is 50.9 Å². The first kappa shape index (κ1) is 30.1. The molecule has 0 radical (unpaired) electrons. The van der Waals surface area contributed by atoms with Gasteiger partial charge in [-0.2, -0.15) is 0 Å². The van der Waals surface area contributed by atoms with Gasteiger partial charge in [0.2, 0.25) is 5.91 Å². The third-order valence-corrected chi connectivity index (χ3v) is 14.3. The molecule has 0 spiro atoms. The van der Waals surface area contributed by atoms with E-state index >= 15 is 0 Å². The second-order valence-electron chi connectivity index (χ2n) is 17.3. The van der Waals surface area contributed by atoms with Crippen LogP contribution in [-0.2, 0) is 9.59 Å². The predicted octanol–water partition coefficient (Wildman–Crippen LogP) is 7.37. The number of fused-ring (bicyclic) bond motifs is 7. The lowest BCUT2D eigenvalue weighted by Crippen LogP contribution is -2.66. The third-order valence-electron chi connectivity index (χ3n) is 14.3. The van der Waals surface area contributed by atoms with Gasteiger partial charge in [0.25, 0.3) is 0 Å². The molecule has 0 aromatic carbocycles. The normalized spacial score (nSPS) is 46.1. The van der Waals surface area contributed by atoms with Crippen LogP contribution in [0.2, 0.25) is 0 Å². The van der Waals surface area contributed by atoms with Gasteiger partial charge in [-0.15, -0.1) is 0 Å². The van der Waals surface area contributed by atoms with Crippen molar-refractivity contribution in [2.45, 2.75) is 139 Å². The topological polar surface area (TPSA) is 86.6 Å². The first-order valence-electron chi connectivity index (χ1n) is 16.3. The fraction of sp³-hybridized carbons (Fsp3) is 0.886. The zero-order valence-electron chi connectivity index (χ0n) is 26.8. The molecule has 1 amide bonds. The van der Waals surface area contributed by atoms with E-state index in [1.807, 2.05) is 13.8 Å². The first-order chi connectivity index (χ1) is 18.4. The molecule has 4 fully saturated rings. The molecule has 0 aliphatic heterocycles. The van der Waals surface area contributed by atoms with Gasteiger partial charge in [-0.3, -0.25) is 4.79 Å². The number of aliphatic carboxylic acids is 1. The van der Waals surface area contributed by atoms with Crippen molar-refractivity contribution >= 4 is 11.9 Å². The van der Waals surface area contributed by atoms with Crippen LogP contribution in [0.1, 0.15) is 127 Å². The highest BCUT2D eigenvalue weighted by atomic mass is 16.4. The molecule has 5 heteroatoms. The first-order valence-corrected chi connectivity index (χ1v) is 16.3. The maximum Gasteiger partial charge on any atom is 0.326 e. The van der Waals surface area contributed by atoms with Crippen LogP contribution in [0.4, 0.5) is 0 Å². The molecule has 5 aliphatic carbocycles. The van der Waals surface area contributed by atoms with Crippen LogP contribution < -0.4 is 5.32 Å². The van der Waals surface area contributed by atoms with Crippen molar-refractivity contribution in [1.82, 2.24) is 5.32 Å². The van der Waals surface area contributed by atoms with Gasteiger partial charge >= 0.3 is 5.97 Å². The lowest BCUT2D eigenvalue weighted by molar-refractivity contribution is -0.203. The number of aliphatic hydroxyl groups is 1. The summed E-state index contributed by atoms with van der Waals surface area (Å²) < 4.78 is 0. The van der Waals surface area contributed by atoms with Crippen molar-refractivity contribution in [3.63, 3.8) is 0 Å². The fourth-order valence-electron chi connectivity index (χ4n) is 11.4. The highest BCUT2D eigenvalue weighted by Crippen LogP contribution is 2.75. The largest absolute Gasteiger partial charge is 0.480 e. The number of carbonyl (C=O) groups is 2. The maximum absolute atomic E-state index is 14.2. The Hall–Kier alpha value is -1.36. The van der Waals surface area contributed by atoms with Crippen LogP contribution in [0.5, 0.6) is 0 Å². The van der Waals surface area contributed by atoms with E-state index < -0.39 is 17.4 Å². The van der Waals surface area contributed by atoms with Crippen molar-refractivity contribution < 1.29 is 19.8 Å². The van der Waals surface area contributed by atoms with E-state index in [0.717, 1.165) is 57.8 Å². The molecule has 0 bridgehead atoms. The lowest BCUT2D eigenvalue weighted by Gasteiger charge is -2.71. The van der Waals surface area contributed by atoms with Gasteiger partial charge < -0.3 is 15.5 Å². The van der Waals surface area contributed by atoms with Gasteiger partial charge in [0.05, 0.1) is 11.5 Å². The van der Waals surface area contributed by atoms with E-state index in [0.29, 0.717) is 11.8 Å². The van der Waals surface area contributed by atoms with Gasteiger partial charge in [-0.05, 0) is 115 Å². The molecule has 5 aliphatic rings. The van der Waals surface area contributed by atoms with Gasteiger partial charge in [0.15, 0.2) is 0 Å². The number of carboxylic acid groups (broad SMARTS) is 1. The minimum absolute atomic E-state index is 0.0240. The van der Waals surface area contributed by atoms with Crippen LogP contribution in [0.25, 0.3) is 0 Å². The molecule has 0 heterocycles. The van der Waals surface area contributed by atoms with E-state index in [4.69, 9.17) is 0 Å². The minimum Gasteiger partial charge on any atom is -0.480 e. The summed E-state index contributed by atoms with van der Waals surface area (Å²) >= 11 is 0. The Labute approximate surface area is 243 Å². The van der Waals surface area contributed by atoms with Crippen molar-refractivity contribution in [2.24, 2.45) is 56.2 Å². The number of aliphatic hydroxyl groups excluding tert-OH is 1. The van der Waals surface area contributed by atoms with E-state index in [9.17, 15) is 19.8 Å². The molecule has 0 aromatic heterocycles. The monoisotopic (exact) mass is 555 g/mol. The third kappa shape index (κ3) is 4.02. The molecule has 40 heavy (non-hydrogen) atoms. The van der Waals surface area contributed by atoms with Crippen molar-refractivity contribution in [2.75, 3.05) is 0 Å². The second kappa shape index (κ2) is 9.32. The molecule has 4 saturated carbocycles. The summed E-state index contributed by atoms with van der Waals surface area (Å²) in [6.07, 6.45) is 12.4. The number of hydrogen-bond acceptors (Lipinski definition) is 3.